The summed E-state index contributed by atoms with van der Waals surface area (Å²) in [6.45, 7) is -0.584. The summed E-state index contributed by atoms with van der Waals surface area (Å²) in [5, 5.41) is 21.3. The Morgan fingerprint density at radius 2 is 1.94 bits per heavy atom. The first kappa shape index (κ1) is 22.7. The Balaban J connectivity index is 1.46. The average molecular weight is 455 g/mol. The maximum atomic E-state index is 14.6. The summed E-state index contributed by atoms with van der Waals surface area (Å²) >= 11 is 0. The number of likely N-dealkylation sites (tertiary alicyclic amines) is 1. The Hall–Kier alpha value is -3.51. The number of aliphatic hydroxyl groups is 1. The van der Waals surface area contributed by atoms with Crippen LogP contribution in [-0.4, -0.2) is 60.0 Å². The van der Waals surface area contributed by atoms with E-state index in [1.807, 2.05) is 6.07 Å². The normalized spacial score (nSPS) is 24.0. The first-order valence-corrected chi connectivity index (χ1v) is 10.7. The molecule has 2 aliphatic rings. The summed E-state index contributed by atoms with van der Waals surface area (Å²) in [5.74, 6) is -1.24. The van der Waals surface area contributed by atoms with Crippen LogP contribution in [0.4, 0.5) is 14.5 Å². The van der Waals surface area contributed by atoms with Gasteiger partial charge in [-0.05, 0) is 41.8 Å². The number of nitrogens with zero attached hydrogens (tertiary/aromatic N) is 2. The molecule has 0 spiro atoms. The molecule has 2 N–H and O–H groups in total. The van der Waals surface area contributed by atoms with E-state index in [1.165, 1.54) is 4.90 Å². The van der Waals surface area contributed by atoms with Gasteiger partial charge in [0.25, 0.3) is 0 Å². The van der Waals surface area contributed by atoms with Crippen LogP contribution in [0.1, 0.15) is 18.4 Å². The quantitative estimate of drug-likeness (QED) is 0.697. The van der Waals surface area contributed by atoms with Crippen molar-refractivity contribution in [1.82, 2.24) is 4.90 Å². The average Bonchev–Trinajstić information content (AvgIpc) is 3.57. The minimum atomic E-state index is -1.45. The fourth-order valence-corrected chi connectivity index (χ4v) is 3.85. The molecule has 1 aliphatic heterocycles. The molecule has 1 saturated heterocycles. The highest BCUT2D eigenvalue weighted by molar-refractivity contribution is 5.95. The molecule has 9 heteroatoms. The van der Waals surface area contributed by atoms with Gasteiger partial charge < -0.3 is 20.1 Å². The van der Waals surface area contributed by atoms with Crippen molar-refractivity contribution in [3.05, 3.63) is 48.0 Å². The van der Waals surface area contributed by atoms with E-state index in [0.717, 1.165) is 5.56 Å². The van der Waals surface area contributed by atoms with Gasteiger partial charge in [-0.3, -0.25) is 9.59 Å². The fraction of sp³-hybridized carbons (Fsp3) is 0.375. The summed E-state index contributed by atoms with van der Waals surface area (Å²) < 4.78 is 33.4. The highest BCUT2D eigenvalue weighted by atomic mass is 19.1. The second-order valence-corrected chi connectivity index (χ2v) is 8.21. The minimum Gasteiger partial charge on any atom is -0.486 e. The Labute approximate surface area is 189 Å². The van der Waals surface area contributed by atoms with Crippen LogP contribution in [0.2, 0.25) is 0 Å². The molecule has 2 aromatic carbocycles. The van der Waals surface area contributed by atoms with E-state index in [4.69, 9.17) is 9.84 Å². The van der Waals surface area contributed by atoms with Gasteiger partial charge in [0, 0.05) is 18.7 Å². The summed E-state index contributed by atoms with van der Waals surface area (Å²) in [6, 6.07) is 14.0. The van der Waals surface area contributed by atoms with Crippen molar-refractivity contribution in [2.75, 3.05) is 25.0 Å². The summed E-state index contributed by atoms with van der Waals surface area (Å²) in [4.78, 5) is 24.8. The van der Waals surface area contributed by atoms with Crippen LogP contribution in [-0.2, 0) is 9.59 Å². The van der Waals surface area contributed by atoms with Gasteiger partial charge in [-0.1, -0.05) is 18.2 Å². The SMILES string of the molecule is N#Cc1cc(-c2cccc(NC(=O)[C@@H]3C[C@@H]3F)c2)ccc1O[C@H]1CCN(C(=O)CO)C[C@H]1F. The third-order valence-electron chi connectivity index (χ3n) is 5.86. The molecule has 2 amide bonds. The third-order valence-corrected chi connectivity index (χ3v) is 5.86. The van der Waals surface area contributed by atoms with Gasteiger partial charge in [0.2, 0.25) is 11.8 Å². The lowest BCUT2D eigenvalue weighted by Gasteiger charge is -2.34. The number of anilines is 1. The zero-order chi connectivity index (χ0) is 23.5. The van der Waals surface area contributed by atoms with E-state index in [1.54, 1.807) is 36.4 Å². The molecule has 33 heavy (non-hydrogen) atoms. The van der Waals surface area contributed by atoms with E-state index in [0.29, 0.717) is 11.3 Å². The molecule has 1 aliphatic carbocycles. The molecule has 172 valence electrons. The summed E-state index contributed by atoms with van der Waals surface area (Å²) in [7, 11) is 0. The standard InChI is InChI=1S/C24H23F2N3O4/c25-19-10-18(19)24(32)28-17-3-1-2-14(9-17)15-4-5-21(16(8-15)11-27)33-22-6-7-29(12-20(22)26)23(31)13-30/h1-5,8-9,18-20,22,30H,6-7,10,12-13H2,(H,28,32)/t18-,19+,20-,22+/m1/s1. The van der Waals surface area contributed by atoms with Gasteiger partial charge in [-0.2, -0.15) is 5.26 Å². The second-order valence-electron chi connectivity index (χ2n) is 8.21. The maximum absolute atomic E-state index is 14.6. The monoisotopic (exact) mass is 455 g/mol. The molecular weight excluding hydrogens is 432 g/mol. The molecule has 0 unspecified atom stereocenters. The van der Waals surface area contributed by atoms with Crippen molar-refractivity contribution in [3.63, 3.8) is 0 Å². The van der Waals surface area contributed by atoms with Crippen LogP contribution < -0.4 is 10.1 Å². The van der Waals surface area contributed by atoms with Crippen molar-refractivity contribution in [2.24, 2.45) is 5.92 Å². The third kappa shape index (κ3) is 5.12. The molecule has 4 atom stereocenters. The van der Waals surface area contributed by atoms with E-state index in [9.17, 15) is 23.6 Å². The smallest absolute Gasteiger partial charge is 0.248 e. The number of rotatable bonds is 6. The maximum Gasteiger partial charge on any atom is 0.248 e. The lowest BCUT2D eigenvalue weighted by Crippen LogP contribution is -2.50. The van der Waals surface area contributed by atoms with Crippen molar-refractivity contribution in [3.8, 4) is 22.9 Å². The zero-order valence-electron chi connectivity index (χ0n) is 17.7. The topological polar surface area (TPSA) is 103 Å². The van der Waals surface area contributed by atoms with Crippen molar-refractivity contribution in [2.45, 2.75) is 31.3 Å². The molecule has 4 rings (SSSR count). The second kappa shape index (κ2) is 9.55. The number of piperidine rings is 1. The number of alkyl halides is 2. The van der Waals surface area contributed by atoms with Crippen molar-refractivity contribution in [1.29, 1.82) is 5.26 Å². The number of hydrogen-bond acceptors (Lipinski definition) is 5. The number of carbonyl (C=O) groups is 2. The van der Waals surface area contributed by atoms with Crippen LogP contribution in [0, 0.1) is 17.2 Å². The number of amides is 2. The Morgan fingerprint density at radius 3 is 2.61 bits per heavy atom. The van der Waals surface area contributed by atoms with Gasteiger partial charge in [-0.15, -0.1) is 0 Å². The molecule has 7 nitrogen and oxygen atoms in total. The van der Waals surface area contributed by atoms with Gasteiger partial charge in [-0.25, -0.2) is 8.78 Å². The van der Waals surface area contributed by atoms with Gasteiger partial charge >= 0.3 is 0 Å². The number of carbonyl (C=O) groups excluding carboxylic acids is 2. The summed E-state index contributed by atoms with van der Waals surface area (Å²) in [6.07, 6.45) is -2.86. The Bertz CT molecular complexity index is 1100. The minimum absolute atomic E-state index is 0.174. The van der Waals surface area contributed by atoms with Crippen LogP contribution in [0.3, 0.4) is 0 Å². The van der Waals surface area contributed by atoms with Gasteiger partial charge in [0.1, 0.15) is 30.7 Å². The molecular formula is C24H23F2N3O4. The van der Waals surface area contributed by atoms with Gasteiger partial charge in [0.15, 0.2) is 6.17 Å². The first-order chi connectivity index (χ1) is 15.9. The zero-order valence-corrected chi connectivity index (χ0v) is 17.7. The molecule has 0 aromatic heterocycles. The van der Waals surface area contributed by atoms with Gasteiger partial charge in [0.05, 0.1) is 18.0 Å². The predicted molar refractivity (Wildman–Crippen MR) is 116 cm³/mol. The molecule has 1 saturated carbocycles. The van der Waals surface area contributed by atoms with Crippen LogP contribution >= 0.6 is 0 Å². The van der Waals surface area contributed by atoms with Crippen molar-refractivity contribution >= 4 is 17.5 Å². The Morgan fingerprint density at radius 1 is 1.18 bits per heavy atom. The van der Waals surface area contributed by atoms with Crippen LogP contribution in [0.25, 0.3) is 11.1 Å². The molecule has 2 fully saturated rings. The lowest BCUT2D eigenvalue weighted by atomic mass is 10.0. The van der Waals surface area contributed by atoms with Crippen LogP contribution in [0.15, 0.2) is 42.5 Å². The molecule has 0 bridgehead atoms. The number of nitriles is 1. The fourth-order valence-electron chi connectivity index (χ4n) is 3.85. The summed E-state index contributed by atoms with van der Waals surface area (Å²) in [5.41, 5.74) is 2.19. The number of hydrogen-bond donors (Lipinski definition) is 2. The lowest BCUT2D eigenvalue weighted by molar-refractivity contribution is -0.138. The molecule has 2 aromatic rings. The van der Waals surface area contributed by atoms with E-state index in [2.05, 4.69) is 11.4 Å². The largest absolute Gasteiger partial charge is 0.486 e. The number of ether oxygens (including phenoxy) is 1. The highest BCUT2D eigenvalue weighted by Crippen LogP contribution is 2.35. The Kier molecular flexibility index (Phi) is 6.56. The molecule has 0 radical (unpaired) electrons. The first-order valence-electron chi connectivity index (χ1n) is 10.7. The van der Waals surface area contributed by atoms with E-state index >= 15 is 0 Å². The predicted octanol–water partition coefficient (Wildman–Crippen LogP) is 2.83. The number of aliphatic hydroxyl groups excluding tert-OH is 1. The number of nitrogens with one attached hydrogen (secondary N) is 1. The van der Waals surface area contributed by atoms with Crippen LogP contribution in [0.5, 0.6) is 5.75 Å². The van der Waals surface area contributed by atoms with Crippen molar-refractivity contribution < 1.29 is 28.2 Å². The van der Waals surface area contributed by atoms with E-state index in [-0.39, 0.29) is 43.2 Å². The molecule has 1 heterocycles. The number of benzene rings is 2. The van der Waals surface area contributed by atoms with E-state index < -0.39 is 36.9 Å². The highest BCUT2D eigenvalue weighted by Gasteiger charge is 2.43. The number of halogens is 2.